The average molecular weight is 100 g/mol. The normalized spacial score (nSPS) is 6.86. The van der Waals surface area contributed by atoms with Gasteiger partial charge in [-0.25, -0.2) is 4.79 Å². The molecule has 0 aromatic heterocycles. The molecule has 0 atom stereocenters. The van der Waals surface area contributed by atoms with Crippen LogP contribution in [0.15, 0.2) is 0 Å². The molecule has 0 heterocycles. The maximum atomic E-state index is 9.84. The number of hydrogen-bond donors (Lipinski definition) is 1. The molecule has 0 aromatic carbocycles. The van der Waals surface area contributed by atoms with E-state index < -0.39 is 5.97 Å². The van der Waals surface area contributed by atoms with Crippen molar-refractivity contribution in [1.82, 2.24) is 0 Å². The molecular formula is C3H4N2O2. The predicted octanol–water partition coefficient (Wildman–Crippen LogP) is -0.683. The van der Waals surface area contributed by atoms with Crippen molar-refractivity contribution in [2.45, 2.75) is 6.42 Å². The van der Waals surface area contributed by atoms with Crippen molar-refractivity contribution in [3.8, 4) is 6.07 Å². The highest BCUT2D eigenvalue weighted by atomic mass is 16.7. The van der Waals surface area contributed by atoms with Gasteiger partial charge in [0.1, 0.15) is 6.42 Å². The molecule has 0 aromatic rings. The highest BCUT2D eigenvalue weighted by Crippen LogP contribution is 1.74. The number of rotatable bonds is 1. The summed E-state index contributed by atoms with van der Waals surface area (Å²) in [4.78, 5) is 13.5. The lowest BCUT2D eigenvalue weighted by Crippen LogP contribution is -2.07. The molecule has 38 valence electrons. The van der Waals surface area contributed by atoms with Crippen LogP contribution < -0.4 is 5.90 Å². The molecule has 0 radical (unpaired) electrons. The fourth-order valence-electron chi connectivity index (χ4n) is 0.106. The highest BCUT2D eigenvalue weighted by Gasteiger charge is 1.94. The monoisotopic (exact) mass is 100 g/mol. The van der Waals surface area contributed by atoms with Crippen molar-refractivity contribution in [2.75, 3.05) is 0 Å². The Morgan fingerprint density at radius 2 is 2.57 bits per heavy atom. The molecule has 0 aliphatic carbocycles. The zero-order valence-corrected chi connectivity index (χ0v) is 3.55. The molecule has 4 heteroatoms. The number of nitrogens with zero attached hydrogens (tertiary/aromatic N) is 1. The Labute approximate surface area is 40.4 Å². The van der Waals surface area contributed by atoms with E-state index in [-0.39, 0.29) is 6.42 Å². The zero-order valence-electron chi connectivity index (χ0n) is 3.55. The topological polar surface area (TPSA) is 76.1 Å². The summed E-state index contributed by atoms with van der Waals surface area (Å²) < 4.78 is 0. The van der Waals surface area contributed by atoms with Crippen molar-refractivity contribution in [3.63, 3.8) is 0 Å². The van der Waals surface area contributed by atoms with E-state index in [4.69, 9.17) is 5.26 Å². The molecule has 0 rings (SSSR count). The van der Waals surface area contributed by atoms with Gasteiger partial charge >= 0.3 is 5.97 Å². The maximum absolute atomic E-state index is 9.84. The van der Waals surface area contributed by atoms with E-state index in [9.17, 15) is 4.79 Å². The summed E-state index contributed by atoms with van der Waals surface area (Å²) in [6.45, 7) is 0. The summed E-state index contributed by atoms with van der Waals surface area (Å²) >= 11 is 0. The number of nitriles is 1. The number of nitrogens with two attached hydrogens (primary N) is 1. The van der Waals surface area contributed by atoms with Gasteiger partial charge < -0.3 is 4.84 Å². The first-order valence-corrected chi connectivity index (χ1v) is 1.57. The molecule has 0 fully saturated rings. The lowest BCUT2D eigenvalue weighted by atomic mass is 10.5. The Bertz CT molecular complexity index is 104. The van der Waals surface area contributed by atoms with Crippen molar-refractivity contribution in [2.24, 2.45) is 5.90 Å². The minimum absolute atomic E-state index is 0.281. The molecule has 0 bridgehead atoms. The molecular weight excluding hydrogens is 96.0 g/mol. The molecule has 2 N–H and O–H groups in total. The van der Waals surface area contributed by atoms with E-state index in [0.717, 1.165) is 0 Å². The average Bonchev–Trinajstić information content (AvgIpc) is 1.68. The summed E-state index contributed by atoms with van der Waals surface area (Å²) in [5.41, 5.74) is 0. The Morgan fingerprint density at radius 1 is 2.00 bits per heavy atom. The third-order valence-corrected chi connectivity index (χ3v) is 0.355. The molecule has 0 saturated carbocycles. The third kappa shape index (κ3) is 2.73. The summed E-state index contributed by atoms with van der Waals surface area (Å²) in [5.74, 6) is 3.65. The van der Waals surface area contributed by atoms with Crippen molar-refractivity contribution >= 4 is 5.97 Å². The number of carbonyl (C=O) groups is 1. The SMILES string of the molecule is N#CCC(=O)ON. The number of hydrogen-bond acceptors (Lipinski definition) is 4. The first-order valence-electron chi connectivity index (χ1n) is 1.57. The van der Waals surface area contributed by atoms with Crippen molar-refractivity contribution in [1.29, 1.82) is 5.26 Å². The molecule has 0 aliphatic rings. The zero-order chi connectivity index (χ0) is 5.70. The quantitative estimate of drug-likeness (QED) is 0.443. The predicted molar refractivity (Wildman–Crippen MR) is 20.5 cm³/mol. The molecule has 0 amide bonds. The van der Waals surface area contributed by atoms with Gasteiger partial charge in [-0.15, -0.1) is 0 Å². The second-order valence-electron chi connectivity index (χ2n) is 0.825. The minimum atomic E-state index is -0.706. The van der Waals surface area contributed by atoms with Crippen LogP contribution in [-0.2, 0) is 9.63 Å². The van der Waals surface area contributed by atoms with Gasteiger partial charge in [-0.2, -0.15) is 11.2 Å². The number of carbonyl (C=O) groups excluding carboxylic acids is 1. The molecule has 0 aliphatic heterocycles. The largest absolute Gasteiger partial charge is 0.373 e. The van der Waals surface area contributed by atoms with Crippen LogP contribution in [0.1, 0.15) is 6.42 Å². The Kier molecular flexibility index (Phi) is 2.64. The van der Waals surface area contributed by atoms with E-state index in [2.05, 4.69) is 10.7 Å². The van der Waals surface area contributed by atoms with Crippen LogP contribution >= 0.6 is 0 Å². The lowest BCUT2D eigenvalue weighted by molar-refractivity contribution is -0.142. The van der Waals surface area contributed by atoms with Gasteiger partial charge in [0.15, 0.2) is 0 Å². The fourth-order valence-corrected chi connectivity index (χ4v) is 0.106. The van der Waals surface area contributed by atoms with Gasteiger partial charge in [-0.1, -0.05) is 0 Å². The van der Waals surface area contributed by atoms with E-state index in [0.29, 0.717) is 0 Å². The lowest BCUT2D eigenvalue weighted by Gasteiger charge is -1.84. The van der Waals surface area contributed by atoms with Crippen molar-refractivity contribution in [3.05, 3.63) is 0 Å². The Morgan fingerprint density at radius 3 is 2.71 bits per heavy atom. The van der Waals surface area contributed by atoms with Gasteiger partial charge in [0.25, 0.3) is 0 Å². The summed E-state index contributed by atoms with van der Waals surface area (Å²) in [6, 6.07) is 1.56. The first kappa shape index (κ1) is 5.92. The van der Waals surface area contributed by atoms with Crippen LogP contribution in [0, 0.1) is 11.3 Å². The molecule has 4 nitrogen and oxygen atoms in total. The van der Waals surface area contributed by atoms with Gasteiger partial charge in [0.2, 0.25) is 0 Å². The van der Waals surface area contributed by atoms with E-state index >= 15 is 0 Å². The standard InChI is InChI=1S/C3H4N2O2/c4-2-1-3(6)7-5/h1,5H2. The van der Waals surface area contributed by atoms with E-state index in [1.807, 2.05) is 0 Å². The van der Waals surface area contributed by atoms with Crippen LogP contribution in [0.4, 0.5) is 0 Å². The van der Waals surface area contributed by atoms with Crippen LogP contribution in [0.25, 0.3) is 0 Å². The second-order valence-corrected chi connectivity index (χ2v) is 0.825. The van der Waals surface area contributed by atoms with Gasteiger partial charge in [-0.05, 0) is 0 Å². The first-order chi connectivity index (χ1) is 3.31. The maximum Gasteiger partial charge on any atom is 0.338 e. The van der Waals surface area contributed by atoms with Gasteiger partial charge in [0.05, 0.1) is 6.07 Å². The summed E-state index contributed by atoms with van der Waals surface area (Å²) in [5, 5.41) is 7.76. The van der Waals surface area contributed by atoms with E-state index in [1.165, 1.54) is 0 Å². The fraction of sp³-hybridized carbons (Fsp3) is 0.333. The van der Waals surface area contributed by atoms with Gasteiger partial charge in [0, 0.05) is 0 Å². The smallest absolute Gasteiger partial charge is 0.338 e. The Hall–Kier alpha value is -1.08. The van der Waals surface area contributed by atoms with Crippen LogP contribution in [-0.4, -0.2) is 5.97 Å². The molecule has 0 saturated heterocycles. The molecule has 7 heavy (non-hydrogen) atoms. The molecule has 0 unspecified atom stereocenters. The summed E-state index contributed by atoms with van der Waals surface area (Å²) in [6.07, 6.45) is -0.281. The van der Waals surface area contributed by atoms with Crippen LogP contribution in [0.2, 0.25) is 0 Å². The Balaban J connectivity index is 3.23. The minimum Gasteiger partial charge on any atom is -0.373 e. The van der Waals surface area contributed by atoms with E-state index in [1.54, 1.807) is 6.07 Å². The summed E-state index contributed by atoms with van der Waals surface area (Å²) in [7, 11) is 0. The van der Waals surface area contributed by atoms with Crippen LogP contribution in [0.3, 0.4) is 0 Å². The van der Waals surface area contributed by atoms with Crippen molar-refractivity contribution < 1.29 is 9.63 Å². The molecule has 0 spiro atoms. The van der Waals surface area contributed by atoms with Crippen LogP contribution in [0.5, 0.6) is 0 Å². The third-order valence-electron chi connectivity index (χ3n) is 0.355. The highest BCUT2D eigenvalue weighted by molar-refractivity contribution is 5.71. The van der Waals surface area contributed by atoms with Gasteiger partial charge in [-0.3, -0.25) is 0 Å². The second kappa shape index (κ2) is 3.12.